The number of alkyl halides is 2. The highest BCUT2D eigenvalue weighted by atomic mass is 79.9. The lowest BCUT2D eigenvalue weighted by molar-refractivity contribution is -0.157. The van der Waals surface area contributed by atoms with Gasteiger partial charge in [0.2, 0.25) is 0 Å². The number of halogens is 2. The summed E-state index contributed by atoms with van der Waals surface area (Å²) in [5, 5.41) is 0.300. The number of carbonyl (C=O) groups excluding carboxylic acids is 2. The van der Waals surface area contributed by atoms with Crippen LogP contribution in [0.15, 0.2) is 60.7 Å². The summed E-state index contributed by atoms with van der Waals surface area (Å²) in [6.07, 6.45) is -0.564. The van der Waals surface area contributed by atoms with Crippen molar-refractivity contribution in [2.24, 2.45) is 5.92 Å². The standard InChI is InChI=1S/C22H20Br2O4/c1-20-17(22(24,13-23)19(26)21(20,2)28-20)18(25)27-16(14-9-5-3-6-10-14)15-11-7-4-8-12-15/h3-12,16-17H,13H2,1-2H3. The lowest BCUT2D eigenvalue weighted by Gasteiger charge is -2.31. The fraction of sp³-hybridized carbons (Fsp3) is 0.364. The highest BCUT2D eigenvalue weighted by Crippen LogP contribution is 2.66. The number of rotatable bonds is 5. The van der Waals surface area contributed by atoms with E-state index < -0.39 is 33.5 Å². The number of fused-ring (bicyclic) bond motifs is 1. The van der Waals surface area contributed by atoms with Crippen molar-refractivity contribution in [2.45, 2.75) is 35.5 Å². The topological polar surface area (TPSA) is 55.9 Å². The third kappa shape index (κ3) is 2.72. The number of Topliss-reactive ketones (excluding diaryl/α,β-unsaturated/α-hetero) is 1. The van der Waals surface area contributed by atoms with Gasteiger partial charge in [-0.2, -0.15) is 0 Å². The highest BCUT2D eigenvalue weighted by Gasteiger charge is 2.85. The molecule has 0 bridgehead atoms. The smallest absolute Gasteiger partial charge is 0.314 e. The zero-order valence-corrected chi connectivity index (χ0v) is 18.7. The Morgan fingerprint density at radius 2 is 1.57 bits per heavy atom. The molecule has 4 unspecified atom stereocenters. The zero-order chi connectivity index (χ0) is 20.2. The fourth-order valence-electron chi connectivity index (χ4n) is 4.29. The largest absolute Gasteiger partial charge is 0.452 e. The summed E-state index contributed by atoms with van der Waals surface area (Å²) < 4.78 is 10.7. The number of esters is 1. The van der Waals surface area contributed by atoms with E-state index in [4.69, 9.17) is 9.47 Å². The first-order valence-electron chi connectivity index (χ1n) is 9.08. The molecule has 0 spiro atoms. The Bertz CT molecular complexity index is 879. The van der Waals surface area contributed by atoms with E-state index in [1.54, 1.807) is 6.92 Å². The van der Waals surface area contributed by atoms with E-state index >= 15 is 0 Å². The molecule has 146 valence electrons. The molecular weight excluding hydrogens is 488 g/mol. The lowest BCUT2D eigenvalue weighted by Crippen LogP contribution is -2.47. The van der Waals surface area contributed by atoms with Crippen molar-refractivity contribution in [2.75, 3.05) is 5.33 Å². The summed E-state index contributed by atoms with van der Waals surface area (Å²) >= 11 is 6.95. The minimum Gasteiger partial charge on any atom is -0.452 e. The first kappa shape index (κ1) is 19.8. The van der Waals surface area contributed by atoms with Gasteiger partial charge >= 0.3 is 5.97 Å². The van der Waals surface area contributed by atoms with Crippen molar-refractivity contribution in [1.82, 2.24) is 0 Å². The minimum atomic E-state index is -1.05. The van der Waals surface area contributed by atoms with Gasteiger partial charge in [-0.1, -0.05) is 92.5 Å². The first-order valence-corrected chi connectivity index (χ1v) is 11.0. The van der Waals surface area contributed by atoms with E-state index in [1.807, 2.05) is 67.6 Å². The molecule has 0 amide bonds. The molecule has 4 nitrogen and oxygen atoms in total. The predicted molar refractivity (Wildman–Crippen MR) is 113 cm³/mol. The van der Waals surface area contributed by atoms with E-state index in [0.717, 1.165) is 11.1 Å². The maximum Gasteiger partial charge on any atom is 0.314 e. The Morgan fingerprint density at radius 3 is 2.04 bits per heavy atom. The zero-order valence-electron chi connectivity index (χ0n) is 15.5. The van der Waals surface area contributed by atoms with Gasteiger partial charge in [-0.05, 0) is 25.0 Å². The first-order chi connectivity index (χ1) is 13.3. The van der Waals surface area contributed by atoms with Crippen LogP contribution >= 0.6 is 31.9 Å². The van der Waals surface area contributed by atoms with Crippen LogP contribution in [0.1, 0.15) is 31.1 Å². The van der Waals surface area contributed by atoms with Gasteiger partial charge in [0.25, 0.3) is 0 Å². The Balaban J connectivity index is 1.70. The van der Waals surface area contributed by atoms with E-state index in [9.17, 15) is 9.59 Å². The van der Waals surface area contributed by atoms with Crippen LogP contribution < -0.4 is 0 Å². The number of hydrogen-bond donors (Lipinski definition) is 0. The molecule has 6 heteroatoms. The van der Waals surface area contributed by atoms with Crippen LogP contribution in [-0.4, -0.2) is 32.6 Å². The van der Waals surface area contributed by atoms with Crippen molar-refractivity contribution in [1.29, 1.82) is 0 Å². The van der Waals surface area contributed by atoms with E-state index in [-0.39, 0.29) is 5.78 Å². The van der Waals surface area contributed by atoms with Gasteiger partial charge in [-0.3, -0.25) is 9.59 Å². The number of benzene rings is 2. The molecule has 0 N–H and O–H groups in total. The van der Waals surface area contributed by atoms with Gasteiger partial charge < -0.3 is 9.47 Å². The van der Waals surface area contributed by atoms with Gasteiger partial charge in [0, 0.05) is 5.33 Å². The summed E-state index contributed by atoms with van der Waals surface area (Å²) in [7, 11) is 0. The van der Waals surface area contributed by atoms with Crippen LogP contribution in [-0.2, 0) is 19.1 Å². The molecule has 1 aliphatic heterocycles. The normalized spacial score (nSPS) is 33.6. The van der Waals surface area contributed by atoms with E-state index in [0.29, 0.717) is 5.33 Å². The van der Waals surface area contributed by atoms with Crippen LogP contribution in [0.3, 0.4) is 0 Å². The Hall–Kier alpha value is -1.50. The summed E-state index contributed by atoms with van der Waals surface area (Å²) in [5.74, 6) is -1.34. The molecule has 2 aromatic carbocycles. The average Bonchev–Trinajstić information content (AvgIpc) is 3.24. The molecule has 1 saturated heterocycles. The molecule has 28 heavy (non-hydrogen) atoms. The van der Waals surface area contributed by atoms with Gasteiger partial charge in [-0.25, -0.2) is 0 Å². The van der Waals surface area contributed by atoms with Crippen molar-refractivity contribution in [3.63, 3.8) is 0 Å². The maximum absolute atomic E-state index is 13.4. The fourth-order valence-corrected chi connectivity index (χ4v) is 5.87. The molecule has 1 aliphatic carbocycles. The number of hydrogen-bond acceptors (Lipinski definition) is 4. The lowest BCUT2D eigenvalue weighted by atomic mass is 9.88. The Kier molecular flexibility index (Phi) is 4.80. The third-order valence-electron chi connectivity index (χ3n) is 6.01. The molecule has 0 radical (unpaired) electrons. The van der Waals surface area contributed by atoms with Gasteiger partial charge in [-0.15, -0.1) is 0 Å². The molecule has 0 aromatic heterocycles. The second-order valence-electron chi connectivity index (χ2n) is 7.64. The SMILES string of the molecule is CC12OC1(C)C(C(=O)OC(c1ccccc1)c1ccccc1)C(Br)(CBr)C2=O. The van der Waals surface area contributed by atoms with E-state index in [1.165, 1.54) is 0 Å². The van der Waals surface area contributed by atoms with Gasteiger partial charge in [0.05, 0.1) is 0 Å². The summed E-state index contributed by atoms with van der Waals surface area (Å²) in [6, 6.07) is 19.2. The van der Waals surface area contributed by atoms with Gasteiger partial charge in [0.1, 0.15) is 15.8 Å². The van der Waals surface area contributed by atoms with Crippen LogP contribution in [0.25, 0.3) is 0 Å². The number of carbonyl (C=O) groups is 2. The Labute approximate surface area is 180 Å². The molecule has 1 saturated carbocycles. The summed E-state index contributed by atoms with van der Waals surface area (Å²) in [4.78, 5) is 26.4. The van der Waals surface area contributed by atoms with Gasteiger partial charge in [0.15, 0.2) is 17.5 Å². The summed E-state index contributed by atoms with van der Waals surface area (Å²) in [6.45, 7) is 3.55. The van der Waals surface area contributed by atoms with Crippen LogP contribution in [0.2, 0.25) is 0 Å². The minimum absolute atomic E-state index is 0.128. The van der Waals surface area contributed by atoms with E-state index in [2.05, 4.69) is 31.9 Å². The second-order valence-corrected chi connectivity index (χ2v) is 9.61. The monoisotopic (exact) mass is 506 g/mol. The molecule has 4 rings (SSSR count). The quantitative estimate of drug-likeness (QED) is 0.337. The number of ether oxygens (including phenoxy) is 2. The molecule has 2 aromatic rings. The van der Waals surface area contributed by atoms with Crippen molar-refractivity contribution >= 4 is 43.6 Å². The predicted octanol–water partition coefficient (Wildman–Crippen LogP) is 4.59. The van der Waals surface area contributed by atoms with Crippen LogP contribution in [0.4, 0.5) is 0 Å². The molecular formula is C22H20Br2O4. The second kappa shape index (κ2) is 6.78. The van der Waals surface area contributed by atoms with Crippen molar-refractivity contribution in [3.8, 4) is 0 Å². The maximum atomic E-state index is 13.4. The molecule has 4 atom stereocenters. The highest BCUT2D eigenvalue weighted by molar-refractivity contribution is 9.12. The number of ketones is 1. The molecule has 1 heterocycles. The van der Waals surface area contributed by atoms with Crippen LogP contribution in [0, 0.1) is 5.92 Å². The number of epoxide rings is 1. The molecule has 2 fully saturated rings. The third-order valence-corrected chi connectivity index (χ3v) is 8.75. The summed E-state index contributed by atoms with van der Waals surface area (Å²) in [5.41, 5.74) is -0.107. The van der Waals surface area contributed by atoms with Crippen molar-refractivity contribution in [3.05, 3.63) is 71.8 Å². The van der Waals surface area contributed by atoms with Crippen molar-refractivity contribution < 1.29 is 19.1 Å². The average molecular weight is 508 g/mol. The molecule has 2 aliphatic rings. The Morgan fingerprint density at radius 1 is 1.07 bits per heavy atom. The van der Waals surface area contributed by atoms with Crippen LogP contribution in [0.5, 0.6) is 0 Å².